The molecule has 28 heavy (non-hydrogen) atoms. The second kappa shape index (κ2) is 9.47. The van der Waals surface area contributed by atoms with Crippen molar-refractivity contribution in [1.29, 1.82) is 0 Å². The van der Waals surface area contributed by atoms with Crippen LogP contribution in [0.15, 0.2) is 22.7 Å². The van der Waals surface area contributed by atoms with Crippen LogP contribution in [0.4, 0.5) is 9.59 Å². The van der Waals surface area contributed by atoms with Crippen LogP contribution in [0.1, 0.15) is 20.8 Å². The first-order valence-corrected chi connectivity index (χ1v) is 8.68. The summed E-state index contributed by atoms with van der Waals surface area (Å²) >= 11 is 5.98. The van der Waals surface area contributed by atoms with Crippen molar-refractivity contribution in [3.05, 3.63) is 23.2 Å². The standard InChI is InChI=1S/C17H22ClN3O7/c1-17(2,3)27-15(22)19-11(9-26-16(23)21-24-4)8-25-14-12-7-10(18)5-6-13(12)28-20-14/h5-7,11H,8-9H2,1-4H3,(H,19,22)(H,21,23). The van der Waals surface area contributed by atoms with Crippen molar-refractivity contribution >= 4 is 34.8 Å². The molecule has 0 spiro atoms. The van der Waals surface area contributed by atoms with E-state index in [0.717, 1.165) is 0 Å². The lowest BCUT2D eigenvalue weighted by Gasteiger charge is -2.23. The highest BCUT2D eigenvalue weighted by Gasteiger charge is 2.22. The molecular formula is C17H22ClN3O7. The maximum Gasteiger partial charge on any atom is 0.431 e. The summed E-state index contributed by atoms with van der Waals surface area (Å²) in [4.78, 5) is 27.9. The van der Waals surface area contributed by atoms with E-state index in [4.69, 9.17) is 30.3 Å². The van der Waals surface area contributed by atoms with Gasteiger partial charge in [0.15, 0.2) is 5.58 Å². The summed E-state index contributed by atoms with van der Waals surface area (Å²) in [5.74, 6) is 0.190. The molecule has 0 aliphatic rings. The van der Waals surface area contributed by atoms with Crippen molar-refractivity contribution in [3.8, 4) is 5.88 Å². The molecule has 0 aliphatic carbocycles. The maximum absolute atomic E-state index is 12.0. The number of fused-ring (bicyclic) bond motifs is 1. The number of hydrogen-bond donors (Lipinski definition) is 2. The number of hydrogen-bond acceptors (Lipinski definition) is 8. The molecule has 0 bridgehead atoms. The Balaban J connectivity index is 2.03. The second-order valence-corrected chi connectivity index (χ2v) is 7.12. The zero-order chi connectivity index (χ0) is 20.7. The van der Waals surface area contributed by atoms with Gasteiger partial charge in [0.05, 0.1) is 12.5 Å². The molecule has 0 radical (unpaired) electrons. The van der Waals surface area contributed by atoms with Crippen molar-refractivity contribution in [3.63, 3.8) is 0 Å². The van der Waals surface area contributed by atoms with Gasteiger partial charge in [-0.1, -0.05) is 11.6 Å². The predicted octanol–water partition coefficient (Wildman–Crippen LogP) is 3.04. The van der Waals surface area contributed by atoms with Gasteiger partial charge in [-0.25, -0.2) is 9.59 Å². The zero-order valence-electron chi connectivity index (χ0n) is 15.9. The number of halogens is 1. The molecule has 2 rings (SSSR count). The van der Waals surface area contributed by atoms with Crippen LogP contribution in [0.5, 0.6) is 5.88 Å². The number of carbonyl (C=O) groups excluding carboxylic acids is 2. The summed E-state index contributed by atoms with van der Waals surface area (Å²) in [6, 6.07) is 4.23. The Morgan fingerprint density at radius 1 is 1.25 bits per heavy atom. The summed E-state index contributed by atoms with van der Waals surface area (Å²) in [5, 5.41) is 7.47. The van der Waals surface area contributed by atoms with E-state index in [1.807, 2.05) is 5.48 Å². The van der Waals surface area contributed by atoms with Gasteiger partial charge in [0, 0.05) is 5.02 Å². The third-order valence-corrected chi connectivity index (χ3v) is 3.38. The molecule has 0 aliphatic heterocycles. The number of carbonyl (C=O) groups is 2. The van der Waals surface area contributed by atoms with Gasteiger partial charge in [0.25, 0.3) is 5.88 Å². The van der Waals surface area contributed by atoms with Crippen LogP contribution in [0.3, 0.4) is 0 Å². The Labute approximate surface area is 166 Å². The van der Waals surface area contributed by atoms with E-state index in [9.17, 15) is 9.59 Å². The van der Waals surface area contributed by atoms with Gasteiger partial charge in [-0.05, 0) is 44.1 Å². The summed E-state index contributed by atoms with van der Waals surface area (Å²) < 4.78 is 20.9. The van der Waals surface area contributed by atoms with Crippen molar-refractivity contribution < 1.29 is 33.2 Å². The molecule has 1 aromatic carbocycles. The van der Waals surface area contributed by atoms with Crippen molar-refractivity contribution in [2.24, 2.45) is 0 Å². The van der Waals surface area contributed by atoms with Crippen molar-refractivity contribution in [2.75, 3.05) is 20.3 Å². The van der Waals surface area contributed by atoms with Crippen LogP contribution in [-0.4, -0.2) is 49.3 Å². The van der Waals surface area contributed by atoms with Crippen LogP contribution in [-0.2, 0) is 14.3 Å². The smallest absolute Gasteiger partial charge is 0.431 e. The Morgan fingerprint density at radius 2 is 2.00 bits per heavy atom. The maximum atomic E-state index is 12.0. The van der Waals surface area contributed by atoms with Gasteiger partial charge in [-0.2, -0.15) is 5.48 Å². The molecule has 2 N–H and O–H groups in total. The molecule has 154 valence electrons. The van der Waals surface area contributed by atoms with E-state index in [0.29, 0.717) is 16.0 Å². The topological polar surface area (TPSA) is 121 Å². The molecule has 1 heterocycles. The fourth-order valence-electron chi connectivity index (χ4n) is 2.07. The van der Waals surface area contributed by atoms with E-state index in [-0.39, 0.29) is 19.1 Å². The summed E-state index contributed by atoms with van der Waals surface area (Å²) in [6.45, 7) is 4.91. The van der Waals surface area contributed by atoms with Crippen LogP contribution in [0.25, 0.3) is 11.0 Å². The minimum Gasteiger partial charge on any atom is -0.473 e. The number of benzene rings is 1. The van der Waals surface area contributed by atoms with Gasteiger partial charge >= 0.3 is 12.2 Å². The number of ether oxygens (including phenoxy) is 3. The van der Waals surface area contributed by atoms with E-state index in [1.165, 1.54) is 7.11 Å². The first kappa shape index (κ1) is 21.6. The number of amides is 2. The third-order valence-electron chi connectivity index (χ3n) is 3.14. The number of nitrogens with zero attached hydrogens (tertiary/aromatic N) is 1. The Morgan fingerprint density at radius 3 is 2.68 bits per heavy atom. The normalized spacial score (nSPS) is 12.3. The van der Waals surface area contributed by atoms with Gasteiger partial charge in [0.1, 0.15) is 24.9 Å². The molecule has 1 aromatic heterocycles. The van der Waals surface area contributed by atoms with Crippen LogP contribution in [0.2, 0.25) is 5.02 Å². The lowest BCUT2D eigenvalue weighted by atomic mass is 10.2. The molecule has 2 amide bonds. The number of aromatic nitrogens is 1. The van der Waals surface area contributed by atoms with Gasteiger partial charge in [0.2, 0.25) is 0 Å². The predicted molar refractivity (Wildman–Crippen MR) is 99.2 cm³/mol. The van der Waals surface area contributed by atoms with Crippen molar-refractivity contribution in [2.45, 2.75) is 32.4 Å². The van der Waals surface area contributed by atoms with E-state index >= 15 is 0 Å². The minimum atomic E-state index is -0.822. The first-order valence-electron chi connectivity index (χ1n) is 8.31. The molecule has 2 aromatic rings. The highest BCUT2D eigenvalue weighted by Crippen LogP contribution is 2.27. The summed E-state index contributed by atoms with van der Waals surface area (Å²) in [5.41, 5.74) is 1.81. The fraction of sp³-hybridized carbons (Fsp3) is 0.471. The zero-order valence-corrected chi connectivity index (χ0v) is 16.7. The summed E-state index contributed by atoms with van der Waals surface area (Å²) in [6.07, 6.45) is -1.51. The van der Waals surface area contributed by atoms with E-state index < -0.39 is 23.8 Å². The van der Waals surface area contributed by atoms with Crippen LogP contribution >= 0.6 is 11.6 Å². The molecule has 10 nitrogen and oxygen atoms in total. The van der Waals surface area contributed by atoms with Gasteiger partial charge < -0.3 is 24.1 Å². The molecular weight excluding hydrogens is 394 g/mol. The van der Waals surface area contributed by atoms with Gasteiger partial charge in [-0.15, -0.1) is 0 Å². The molecule has 1 unspecified atom stereocenters. The minimum absolute atomic E-state index is 0.0757. The SMILES string of the molecule is CONC(=O)OCC(COc1noc2ccc(Cl)cc12)NC(=O)OC(C)(C)C. The summed E-state index contributed by atoms with van der Waals surface area (Å²) in [7, 11) is 1.27. The number of nitrogens with one attached hydrogen (secondary N) is 2. The van der Waals surface area contributed by atoms with E-state index in [2.05, 4.69) is 15.3 Å². The molecule has 11 heteroatoms. The average molecular weight is 416 g/mol. The molecule has 1 atom stereocenters. The third kappa shape index (κ3) is 6.78. The second-order valence-electron chi connectivity index (χ2n) is 6.69. The van der Waals surface area contributed by atoms with Crippen LogP contribution in [0, 0.1) is 0 Å². The van der Waals surface area contributed by atoms with Crippen molar-refractivity contribution in [1.82, 2.24) is 16.0 Å². The largest absolute Gasteiger partial charge is 0.473 e. The highest BCUT2D eigenvalue weighted by atomic mass is 35.5. The Hall–Kier alpha value is -2.72. The number of alkyl carbamates (subject to hydrolysis) is 1. The lowest BCUT2D eigenvalue weighted by Crippen LogP contribution is -2.45. The average Bonchev–Trinajstić information content (AvgIpc) is 2.98. The molecule has 0 saturated carbocycles. The number of hydroxylamine groups is 1. The Bertz CT molecular complexity index is 819. The highest BCUT2D eigenvalue weighted by molar-refractivity contribution is 6.31. The fourth-order valence-corrected chi connectivity index (χ4v) is 2.24. The molecule has 0 fully saturated rings. The van der Waals surface area contributed by atoms with Gasteiger partial charge in [-0.3, -0.25) is 4.84 Å². The quantitative estimate of drug-likeness (QED) is 0.662. The lowest BCUT2D eigenvalue weighted by molar-refractivity contribution is 0.0359. The monoisotopic (exact) mass is 415 g/mol. The van der Waals surface area contributed by atoms with Crippen LogP contribution < -0.4 is 15.5 Å². The molecule has 0 saturated heterocycles. The number of rotatable bonds is 7. The van der Waals surface area contributed by atoms with E-state index in [1.54, 1.807) is 39.0 Å². The Kier molecular flexibility index (Phi) is 7.30. The first-order chi connectivity index (χ1) is 13.2.